The Bertz CT molecular complexity index is 1450. The molecule has 42 heavy (non-hydrogen) atoms. The third kappa shape index (κ3) is 7.68. The maximum absolute atomic E-state index is 13.7. The van der Waals surface area contributed by atoms with Crippen molar-refractivity contribution in [2.45, 2.75) is 63.9 Å². The average molecular weight is 568 g/mol. The molecule has 7 heteroatoms. The molecule has 1 aliphatic carbocycles. The first-order chi connectivity index (χ1) is 20.1. The number of carbonyl (C=O) groups excluding carboxylic acids is 3. The Morgan fingerprint density at radius 2 is 1.33 bits per heavy atom. The third-order valence-electron chi connectivity index (χ3n) is 7.83. The van der Waals surface area contributed by atoms with Crippen LogP contribution in [-0.4, -0.2) is 46.3 Å². The summed E-state index contributed by atoms with van der Waals surface area (Å²) in [5, 5.41) is 20.5. The predicted octanol–water partition coefficient (Wildman–Crippen LogP) is 6.18. The fourth-order valence-electron chi connectivity index (χ4n) is 5.20. The van der Waals surface area contributed by atoms with Crippen molar-refractivity contribution < 1.29 is 29.4 Å². The van der Waals surface area contributed by atoms with Crippen LogP contribution in [0.3, 0.4) is 0 Å². The molecule has 3 aromatic rings. The van der Waals surface area contributed by atoms with Crippen LogP contribution in [0.4, 0.5) is 0 Å². The molecule has 0 spiro atoms. The number of carboxylic acid groups (broad SMARTS) is 1. The molecule has 3 aromatic carbocycles. The van der Waals surface area contributed by atoms with Gasteiger partial charge in [0.25, 0.3) is 5.91 Å². The zero-order valence-electron chi connectivity index (χ0n) is 24.0. The second-order valence-electron chi connectivity index (χ2n) is 11.1. The number of carboxylic acids is 1. The van der Waals surface area contributed by atoms with Crippen molar-refractivity contribution in [2.24, 2.45) is 0 Å². The standard InChI is InChI=1S/C35H37NO6/c1-22(2)23-8-12-26(13-9-23)30(20-31(37)27-14-10-25(11-15-27)24-6-4-3-5-7-24)33(39)28-16-18-29(19-17-28)34(40)36-21-32(38)35(41)42/h8-20,22,24,32,38H,3-7,21H2,1-2H3,(H,36,40)(H,41,42)/b30-20-/t32-/m1/s1. The van der Waals surface area contributed by atoms with Crippen molar-refractivity contribution in [3.63, 3.8) is 0 Å². The first kappa shape index (κ1) is 30.6. The Kier molecular flexibility index (Phi) is 10.2. The van der Waals surface area contributed by atoms with Gasteiger partial charge >= 0.3 is 5.97 Å². The molecule has 0 heterocycles. The van der Waals surface area contributed by atoms with E-state index in [-0.39, 0.29) is 28.3 Å². The summed E-state index contributed by atoms with van der Waals surface area (Å²) in [5.41, 5.74) is 4.21. The fraction of sp³-hybridized carbons (Fsp3) is 0.314. The van der Waals surface area contributed by atoms with Gasteiger partial charge in [-0.2, -0.15) is 0 Å². The minimum atomic E-state index is -1.72. The van der Waals surface area contributed by atoms with E-state index >= 15 is 0 Å². The number of aliphatic hydroxyl groups excluding tert-OH is 1. The highest BCUT2D eigenvalue weighted by atomic mass is 16.4. The summed E-state index contributed by atoms with van der Waals surface area (Å²) in [4.78, 5) is 50.3. The summed E-state index contributed by atoms with van der Waals surface area (Å²) >= 11 is 0. The lowest BCUT2D eigenvalue weighted by molar-refractivity contribution is -0.146. The Balaban J connectivity index is 1.59. The summed E-state index contributed by atoms with van der Waals surface area (Å²) in [6.45, 7) is 3.72. The second kappa shape index (κ2) is 14.0. The van der Waals surface area contributed by atoms with Crippen molar-refractivity contribution in [3.05, 3.63) is 112 Å². The third-order valence-corrected chi connectivity index (χ3v) is 7.83. The molecule has 1 aliphatic rings. The molecular formula is C35H37NO6. The van der Waals surface area contributed by atoms with Crippen LogP contribution in [0.15, 0.2) is 78.9 Å². The van der Waals surface area contributed by atoms with Gasteiger partial charge in [0.1, 0.15) is 0 Å². The van der Waals surface area contributed by atoms with Crippen molar-refractivity contribution in [1.82, 2.24) is 5.32 Å². The molecule has 3 N–H and O–H groups in total. The van der Waals surface area contributed by atoms with E-state index in [1.54, 1.807) is 0 Å². The van der Waals surface area contributed by atoms with Gasteiger partial charge in [0.15, 0.2) is 17.7 Å². The molecule has 1 amide bonds. The van der Waals surface area contributed by atoms with Gasteiger partial charge in [0, 0.05) is 22.3 Å². The Morgan fingerprint density at radius 3 is 1.90 bits per heavy atom. The molecule has 0 saturated heterocycles. The highest BCUT2D eigenvalue weighted by Crippen LogP contribution is 2.33. The lowest BCUT2D eigenvalue weighted by Crippen LogP contribution is -2.36. The largest absolute Gasteiger partial charge is 0.479 e. The van der Waals surface area contributed by atoms with Gasteiger partial charge in [-0.15, -0.1) is 0 Å². The van der Waals surface area contributed by atoms with E-state index < -0.39 is 24.5 Å². The van der Waals surface area contributed by atoms with Gasteiger partial charge in [-0.3, -0.25) is 14.4 Å². The summed E-state index contributed by atoms with van der Waals surface area (Å²) in [5.74, 6) is -1.82. The summed E-state index contributed by atoms with van der Waals surface area (Å²) in [6.07, 6.45) is 5.75. The molecule has 0 bridgehead atoms. The van der Waals surface area contributed by atoms with Crippen molar-refractivity contribution >= 4 is 29.0 Å². The lowest BCUT2D eigenvalue weighted by Gasteiger charge is -2.22. The van der Waals surface area contributed by atoms with Crippen LogP contribution >= 0.6 is 0 Å². The minimum absolute atomic E-state index is 0.199. The zero-order chi connectivity index (χ0) is 30.2. The Hall–Kier alpha value is -4.36. The summed E-state index contributed by atoms with van der Waals surface area (Å²) in [6, 6.07) is 21.2. The van der Waals surface area contributed by atoms with E-state index in [0.29, 0.717) is 23.0 Å². The predicted molar refractivity (Wildman–Crippen MR) is 162 cm³/mol. The molecule has 1 fully saturated rings. The van der Waals surface area contributed by atoms with Gasteiger partial charge in [-0.1, -0.05) is 93.8 Å². The van der Waals surface area contributed by atoms with E-state index in [0.717, 1.165) is 5.56 Å². The van der Waals surface area contributed by atoms with Crippen LogP contribution in [0.2, 0.25) is 0 Å². The lowest BCUT2D eigenvalue weighted by atomic mass is 9.84. The smallest absolute Gasteiger partial charge is 0.334 e. The normalized spacial score (nSPS) is 14.8. The van der Waals surface area contributed by atoms with Crippen LogP contribution in [0.25, 0.3) is 5.57 Å². The number of amides is 1. The zero-order valence-corrected chi connectivity index (χ0v) is 24.0. The first-order valence-corrected chi connectivity index (χ1v) is 14.4. The molecule has 218 valence electrons. The average Bonchev–Trinajstić information content (AvgIpc) is 3.02. The second-order valence-corrected chi connectivity index (χ2v) is 11.1. The Morgan fingerprint density at radius 1 is 0.786 bits per heavy atom. The monoisotopic (exact) mass is 567 g/mol. The van der Waals surface area contributed by atoms with Gasteiger partial charge in [-0.25, -0.2) is 4.79 Å². The van der Waals surface area contributed by atoms with Gasteiger partial charge in [0.05, 0.1) is 6.54 Å². The number of ketones is 2. The maximum Gasteiger partial charge on any atom is 0.334 e. The number of hydrogen-bond donors (Lipinski definition) is 3. The first-order valence-electron chi connectivity index (χ1n) is 14.4. The molecule has 0 unspecified atom stereocenters. The molecule has 0 radical (unpaired) electrons. The number of aliphatic hydroxyl groups is 1. The van der Waals surface area contributed by atoms with E-state index in [1.165, 1.54) is 68.0 Å². The molecular weight excluding hydrogens is 530 g/mol. The summed E-state index contributed by atoms with van der Waals surface area (Å²) < 4.78 is 0. The van der Waals surface area contributed by atoms with Gasteiger partial charge < -0.3 is 15.5 Å². The topological polar surface area (TPSA) is 121 Å². The molecule has 1 atom stereocenters. The van der Waals surface area contributed by atoms with Crippen LogP contribution in [-0.2, 0) is 4.79 Å². The van der Waals surface area contributed by atoms with Crippen molar-refractivity contribution in [2.75, 3.05) is 6.54 Å². The van der Waals surface area contributed by atoms with Crippen LogP contribution < -0.4 is 5.32 Å². The highest BCUT2D eigenvalue weighted by Gasteiger charge is 2.20. The maximum atomic E-state index is 13.7. The van der Waals surface area contributed by atoms with Gasteiger partial charge in [-0.05, 0) is 59.6 Å². The summed E-state index contributed by atoms with van der Waals surface area (Å²) in [7, 11) is 0. The van der Waals surface area contributed by atoms with Crippen molar-refractivity contribution in [1.29, 1.82) is 0 Å². The number of hydrogen-bond acceptors (Lipinski definition) is 5. The Labute approximate surface area is 246 Å². The number of benzene rings is 3. The van der Waals surface area contributed by atoms with E-state index in [2.05, 4.69) is 19.2 Å². The van der Waals surface area contributed by atoms with Crippen LogP contribution in [0.1, 0.15) is 106 Å². The SMILES string of the molecule is CC(C)c1ccc(/C(=C/C(=O)c2ccc(C3CCCCC3)cc2)C(=O)c2ccc(C(=O)NC[C@@H](O)C(=O)O)cc2)cc1. The molecule has 0 aliphatic heterocycles. The number of carbonyl (C=O) groups is 4. The quantitative estimate of drug-likeness (QED) is 0.188. The number of Topliss-reactive ketones (excluding diaryl/α,β-unsaturated/α-hetero) is 1. The number of allylic oxidation sites excluding steroid dienone is 2. The fourth-order valence-corrected chi connectivity index (χ4v) is 5.20. The van der Waals surface area contributed by atoms with E-state index in [9.17, 15) is 24.3 Å². The minimum Gasteiger partial charge on any atom is -0.479 e. The van der Waals surface area contributed by atoms with Gasteiger partial charge in [0.2, 0.25) is 0 Å². The van der Waals surface area contributed by atoms with Crippen molar-refractivity contribution in [3.8, 4) is 0 Å². The van der Waals surface area contributed by atoms with E-state index in [1.807, 2.05) is 48.5 Å². The molecule has 0 aromatic heterocycles. The number of rotatable bonds is 11. The molecule has 1 saturated carbocycles. The molecule has 7 nitrogen and oxygen atoms in total. The molecule has 4 rings (SSSR count). The van der Waals surface area contributed by atoms with Crippen LogP contribution in [0, 0.1) is 0 Å². The van der Waals surface area contributed by atoms with Crippen LogP contribution in [0.5, 0.6) is 0 Å². The van der Waals surface area contributed by atoms with E-state index in [4.69, 9.17) is 5.11 Å². The number of nitrogens with one attached hydrogen (secondary N) is 1. The number of aliphatic carboxylic acids is 1. The highest BCUT2D eigenvalue weighted by molar-refractivity contribution is 6.32.